The molecule has 1 rings (SSSR count). The molecular weight excluding hydrogens is 182 g/mol. The maximum atomic E-state index is 11.4. The van der Waals surface area contributed by atoms with Crippen molar-refractivity contribution in [2.24, 2.45) is 17.3 Å². The van der Waals surface area contributed by atoms with E-state index in [0.29, 0.717) is 0 Å². The van der Waals surface area contributed by atoms with E-state index in [1.54, 1.807) is 6.92 Å². The van der Waals surface area contributed by atoms with Crippen LogP contribution in [0.1, 0.15) is 27.2 Å². The molecule has 0 radical (unpaired) electrons. The normalized spacial score (nSPS) is 25.2. The zero-order valence-corrected chi connectivity index (χ0v) is 8.83. The van der Waals surface area contributed by atoms with Crippen molar-refractivity contribution in [1.29, 1.82) is 0 Å². The fraction of sp³-hybridized carbons (Fsp3) is 0.800. The topological polar surface area (TPSA) is 66.4 Å². The monoisotopic (exact) mass is 199 g/mol. The lowest BCUT2D eigenvalue weighted by Crippen LogP contribution is -2.33. The third kappa shape index (κ3) is 2.47. The molecule has 0 heterocycles. The molecule has 1 saturated carbocycles. The van der Waals surface area contributed by atoms with Gasteiger partial charge in [-0.15, -0.1) is 0 Å². The molecule has 0 spiro atoms. The molecule has 1 aliphatic rings. The average molecular weight is 199 g/mol. The molecule has 1 fully saturated rings. The van der Waals surface area contributed by atoms with Crippen LogP contribution in [0.2, 0.25) is 0 Å². The Balaban J connectivity index is 2.26. The summed E-state index contributed by atoms with van der Waals surface area (Å²) in [5.41, 5.74) is 0.108. The summed E-state index contributed by atoms with van der Waals surface area (Å²) in [6, 6.07) is 0. The molecule has 80 valence electrons. The number of carboxylic acids is 1. The SMILES string of the molecule is CC(CNC(=O)C1CC1(C)C)C(=O)O. The zero-order chi connectivity index (χ0) is 10.9. The van der Waals surface area contributed by atoms with Crippen LogP contribution in [-0.2, 0) is 9.59 Å². The number of aliphatic carboxylic acids is 1. The molecule has 0 aromatic rings. The van der Waals surface area contributed by atoms with Crippen molar-refractivity contribution in [3.63, 3.8) is 0 Å². The second-order valence-corrected chi connectivity index (χ2v) is 4.73. The van der Waals surface area contributed by atoms with E-state index in [2.05, 4.69) is 5.32 Å². The van der Waals surface area contributed by atoms with E-state index in [1.807, 2.05) is 13.8 Å². The van der Waals surface area contributed by atoms with Crippen LogP contribution in [0.25, 0.3) is 0 Å². The minimum absolute atomic E-state index is 0.0110. The van der Waals surface area contributed by atoms with Crippen LogP contribution in [0.4, 0.5) is 0 Å². The summed E-state index contributed by atoms with van der Waals surface area (Å²) in [6.07, 6.45) is 0.903. The number of amides is 1. The lowest BCUT2D eigenvalue weighted by molar-refractivity contribution is -0.141. The van der Waals surface area contributed by atoms with Gasteiger partial charge in [-0.3, -0.25) is 9.59 Å². The van der Waals surface area contributed by atoms with Gasteiger partial charge in [0.1, 0.15) is 0 Å². The van der Waals surface area contributed by atoms with Crippen LogP contribution >= 0.6 is 0 Å². The Labute approximate surface area is 83.7 Å². The standard InChI is InChI=1S/C10H17NO3/c1-6(9(13)14)5-11-8(12)7-4-10(7,2)3/h6-7H,4-5H2,1-3H3,(H,11,12)(H,13,14). The van der Waals surface area contributed by atoms with Gasteiger partial charge >= 0.3 is 5.97 Å². The Bertz CT molecular complexity index is 260. The highest BCUT2D eigenvalue weighted by molar-refractivity contribution is 5.82. The van der Waals surface area contributed by atoms with Crippen LogP contribution in [0.5, 0.6) is 0 Å². The minimum atomic E-state index is -0.875. The van der Waals surface area contributed by atoms with Crippen molar-refractivity contribution in [3.05, 3.63) is 0 Å². The first-order valence-electron chi connectivity index (χ1n) is 4.85. The highest BCUT2D eigenvalue weighted by Gasteiger charge is 2.50. The van der Waals surface area contributed by atoms with Crippen LogP contribution in [0.15, 0.2) is 0 Å². The van der Waals surface area contributed by atoms with Crippen molar-refractivity contribution < 1.29 is 14.7 Å². The Kier molecular flexibility index (Phi) is 2.83. The Hall–Kier alpha value is -1.06. The third-order valence-corrected chi connectivity index (χ3v) is 2.83. The van der Waals surface area contributed by atoms with Crippen molar-refractivity contribution in [3.8, 4) is 0 Å². The predicted octanol–water partition coefficient (Wildman–Crippen LogP) is 0.869. The first-order valence-corrected chi connectivity index (χ1v) is 4.85. The second-order valence-electron chi connectivity index (χ2n) is 4.73. The molecule has 0 aliphatic heterocycles. The van der Waals surface area contributed by atoms with Crippen LogP contribution in [-0.4, -0.2) is 23.5 Å². The van der Waals surface area contributed by atoms with Gasteiger partial charge < -0.3 is 10.4 Å². The summed E-state index contributed by atoms with van der Waals surface area (Å²) in [7, 11) is 0. The number of nitrogens with one attached hydrogen (secondary N) is 1. The number of rotatable bonds is 4. The molecule has 4 heteroatoms. The van der Waals surface area contributed by atoms with E-state index in [4.69, 9.17) is 5.11 Å². The van der Waals surface area contributed by atoms with E-state index < -0.39 is 11.9 Å². The van der Waals surface area contributed by atoms with Gasteiger partial charge in [-0.1, -0.05) is 20.8 Å². The summed E-state index contributed by atoms with van der Waals surface area (Å²) in [5.74, 6) is -1.33. The summed E-state index contributed by atoms with van der Waals surface area (Å²) in [4.78, 5) is 21.9. The number of carboxylic acid groups (broad SMARTS) is 1. The van der Waals surface area contributed by atoms with E-state index >= 15 is 0 Å². The summed E-state index contributed by atoms with van der Waals surface area (Å²) >= 11 is 0. The Morgan fingerprint density at radius 2 is 2.07 bits per heavy atom. The number of hydrogen-bond acceptors (Lipinski definition) is 2. The zero-order valence-electron chi connectivity index (χ0n) is 8.83. The molecule has 4 nitrogen and oxygen atoms in total. The fourth-order valence-electron chi connectivity index (χ4n) is 1.38. The smallest absolute Gasteiger partial charge is 0.308 e. The van der Waals surface area contributed by atoms with Gasteiger partial charge in [0.05, 0.1) is 5.92 Å². The summed E-state index contributed by atoms with van der Waals surface area (Å²) in [6.45, 7) is 5.89. The van der Waals surface area contributed by atoms with Gasteiger partial charge in [0, 0.05) is 12.5 Å². The summed E-state index contributed by atoms with van der Waals surface area (Å²) in [5, 5.41) is 11.3. The van der Waals surface area contributed by atoms with Crippen LogP contribution < -0.4 is 5.32 Å². The molecule has 0 bridgehead atoms. The van der Waals surface area contributed by atoms with Crippen molar-refractivity contribution in [1.82, 2.24) is 5.32 Å². The molecule has 2 atom stereocenters. The largest absolute Gasteiger partial charge is 0.481 e. The van der Waals surface area contributed by atoms with Gasteiger partial charge in [-0.25, -0.2) is 0 Å². The van der Waals surface area contributed by atoms with Gasteiger partial charge in [-0.05, 0) is 11.8 Å². The number of carbonyl (C=O) groups excluding carboxylic acids is 1. The van der Waals surface area contributed by atoms with E-state index in [0.717, 1.165) is 6.42 Å². The summed E-state index contributed by atoms with van der Waals surface area (Å²) < 4.78 is 0. The van der Waals surface area contributed by atoms with Crippen molar-refractivity contribution >= 4 is 11.9 Å². The Morgan fingerprint density at radius 1 is 1.57 bits per heavy atom. The molecule has 0 aromatic heterocycles. The highest BCUT2D eigenvalue weighted by atomic mass is 16.4. The highest BCUT2D eigenvalue weighted by Crippen LogP contribution is 2.51. The first-order chi connectivity index (χ1) is 6.34. The van der Waals surface area contributed by atoms with Gasteiger partial charge in [-0.2, -0.15) is 0 Å². The van der Waals surface area contributed by atoms with Crippen LogP contribution in [0.3, 0.4) is 0 Å². The quantitative estimate of drug-likeness (QED) is 0.706. The van der Waals surface area contributed by atoms with Crippen molar-refractivity contribution in [2.45, 2.75) is 27.2 Å². The molecule has 1 amide bonds. The van der Waals surface area contributed by atoms with Gasteiger partial charge in [0.2, 0.25) is 5.91 Å². The average Bonchev–Trinajstić information content (AvgIpc) is 2.70. The lowest BCUT2D eigenvalue weighted by Gasteiger charge is -2.09. The molecule has 0 aromatic carbocycles. The van der Waals surface area contributed by atoms with Gasteiger partial charge in [0.15, 0.2) is 0 Å². The predicted molar refractivity (Wildman–Crippen MR) is 51.7 cm³/mol. The van der Waals surface area contributed by atoms with E-state index in [1.165, 1.54) is 0 Å². The Morgan fingerprint density at radius 3 is 2.43 bits per heavy atom. The maximum absolute atomic E-state index is 11.4. The number of hydrogen-bond donors (Lipinski definition) is 2. The van der Waals surface area contributed by atoms with Crippen LogP contribution in [0, 0.1) is 17.3 Å². The van der Waals surface area contributed by atoms with Gasteiger partial charge in [0.25, 0.3) is 0 Å². The fourth-order valence-corrected chi connectivity index (χ4v) is 1.38. The van der Waals surface area contributed by atoms with E-state index in [-0.39, 0.29) is 23.8 Å². The molecular formula is C10H17NO3. The molecule has 2 N–H and O–H groups in total. The second kappa shape index (κ2) is 3.59. The molecule has 14 heavy (non-hydrogen) atoms. The first kappa shape index (κ1) is 11.0. The third-order valence-electron chi connectivity index (χ3n) is 2.83. The van der Waals surface area contributed by atoms with Crippen molar-refractivity contribution in [2.75, 3.05) is 6.54 Å². The minimum Gasteiger partial charge on any atom is -0.481 e. The molecule has 2 unspecified atom stereocenters. The number of carbonyl (C=O) groups is 2. The molecule has 0 saturated heterocycles. The lowest BCUT2D eigenvalue weighted by atomic mass is 10.1. The maximum Gasteiger partial charge on any atom is 0.308 e. The molecule has 1 aliphatic carbocycles. The van der Waals surface area contributed by atoms with E-state index in [9.17, 15) is 9.59 Å².